The van der Waals surface area contributed by atoms with Crippen LogP contribution in [-0.4, -0.2) is 57.2 Å². The molecule has 0 unspecified atom stereocenters. The molecule has 2 aromatic rings. The fourth-order valence-corrected chi connectivity index (χ4v) is 2.54. The lowest BCUT2D eigenvalue weighted by atomic mass is 9.92. The molecule has 0 bridgehead atoms. The molecule has 0 aliphatic carbocycles. The van der Waals surface area contributed by atoms with Crippen LogP contribution in [0.5, 0.6) is 0 Å². The summed E-state index contributed by atoms with van der Waals surface area (Å²) in [5, 5.41) is 7.15. The van der Waals surface area contributed by atoms with Crippen molar-refractivity contribution < 1.29 is 4.79 Å². The lowest BCUT2D eigenvalue weighted by Gasteiger charge is -2.34. The molecule has 0 aromatic carbocycles. The highest BCUT2D eigenvalue weighted by Gasteiger charge is 2.26. The van der Waals surface area contributed by atoms with Crippen LogP contribution in [0.2, 0.25) is 0 Å². The molecule has 7 nitrogen and oxygen atoms in total. The number of hydrogen-bond donors (Lipinski definition) is 1. The normalized spacial score (nSPS) is 15.8. The molecule has 1 fully saturated rings. The molecule has 2 aromatic heterocycles. The second-order valence-electron chi connectivity index (χ2n) is 6.74. The summed E-state index contributed by atoms with van der Waals surface area (Å²) >= 11 is 0. The van der Waals surface area contributed by atoms with Crippen molar-refractivity contribution in [3.63, 3.8) is 0 Å². The zero-order valence-electron chi connectivity index (χ0n) is 13.8. The predicted octanol–water partition coefficient (Wildman–Crippen LogP) is 1.46. The molecule has 3 heterocycles. The lowest BCUT2D eigenvalue weighted by molar-refractivity contribution is 0.0740. The Morgan fingerprint density at radius 1 is 1.13 bits per heavy atom. The minimum atomic E-state index is -0.0468. The van der Waals surface area contributed by atoms with Crippen molar-refractivity contribution in [3.05, 3.63) is 35.9 Å². The highest BCUT2D eigenvalue weighted by Crippen LogP contribution is 2.21. The molecular formula is C16H22N6O. The molecule has 1 N–H and O–H groups in total. The van der Waals surface area contributed by atoms with Gasteiger partial charge in [-0.1, -0.05) is 20.8 Å². The van der Waals surface area contributed by atoms with E-state index in [-0.39, 0.29) is 11.3 Å². The fourth-order valence-electron chi connectivity index (χ4n) is 2.54. The highest BCUT2D eigenvalue weighted by atomic mass is 16.2. The van der Waals surface area contributed by atoms with E-state index in [1.807, 2.05) is 11.0 Å². The largest absolute Gasteiger partial charge is 0.337 e. The third-order valence-corrected chi connectivity index (χ3v) is 4.01. The van der Waals surface area contributed by atoms with Crippen molar-refractivity contribution in [2.24, 2.45) is 0 Å². The molecule has 0 atom stereocenters. The Labute approximate surface area is 135 Å². The second-order valence-corrected chi connectivity index (χ2v) is 6.74. The Morgan fingerprint density at radius 3 is 2.35 bits per heavy atom. The van der Waals surface area contributed by atoms with Crippen molar-refractivity contribution in [3.8, 4) is 0 Å². The smallest absolute Gasteiger partial charge is 0.274 e. The van der Waals surface area contributed by atoms with Crippen LogP contribution < -0.4 is 4.90 Å². The van der Waals surface area contributed by atoms with Crippen molar-refractivity contribution in [2.75, 3.05) is 31.1 Å². The molecule has 1 aliphatic rings. The van der Waals surface area contributed by atoms with E-state index in [1.165, 1.54) is 0 Å². The average molecular weight is 314 g/mol. The first-order valence-corrected chi connectivity index (χ1v) is 7.82. The van der Waals surface area contributed by atoms with Gasteiger partial charge in [-0.05, 0) is 12.1 Å². The van der Waals surface area contributed by atoms with E-state index in [2.05, 4.69) is 45.8 Å². The summed E-state index contributed by atoms with van der Waals surface area (Å²) < 4.78 is 0. The van der Waals surface area contributed by atoms with Gasteiger partial charge in [0.2, 0.25) is 5.95 Å². The van der Waals surface area contributed by atoms with Gasteiger partial charge in [0, 0.05) is 49.7 Å². The van der Waals surface area contributed by atoms with Crippen molar-refractivity contribution in [1.82, 2.24) is 25.1 Å². The van der Waals surface area contributed by atoms with Gasteiger partial charge in [-0.15, -0.1) is 0 Å². The first-order valence-electron chi connectivity index (χ1n) is 7.82. The Kier molecular flexibility index (Phi) is 4.02. The quantitative estimate of drug-likeness (QED) is 0.908. The van der Waals surface area contributed by atoms with Crippen LogP contribution in [0, 0.1) is 0 Å². The maximum Gasteiger partial charge on any atom is 0.274 e. The summed E-state index contributed by atoms with van der Waals surface area (Å²) in [5.41, 5.74) is 1.41. The number of aromatic nitrogens is 4. The van der Waals surface area contributed by atoms with Crippen LogP contribution in [0.15, 0.2) is 24.5 Å². The molecule has 1 aliphatic heterocycles. The molecule has 122 valence electrons. The third kappa shape index (κ3) is 3.33. The molecular weight excluding hydrogens is 292 g/mol. The van der Waals surface area contributed by atoms with Gasteiger partial charge >= 0.3 is 0 Å². The van der Waals surface area contributed by atoms with Crippen LogP contribution in [0.25, 0.3) is 0 Å². The number of nitrogens with zero attached hydrogens (tertiary/aromatic N) is 5. The first kappa shape index (κ1) is 15.5. The van der Waals surface area contributed by atoms with Crippen LogP contribution in [0.3, 0.4) is 0 Å². The minimum absolute atomic E-state index is 0.0228. The number of hydrogen-bond acceptors (Lipinski definition) is 5. The molecule has 3 rings (SSSR count). The average Bonchev–Trinajstić information content (AvgIpc) is 3.05. The maximum atomic E-state index is 12.6. The predicted molar refractivity (Wildman–Crippen MR) is 87.4 cm³/mol. The summed E-state index contributed by atoms with van der Waals surface area (Å²) in [5.74, 6) is 0.694. The van der Waals surface area contributed by atoms with Gasteiger partial charge in [0.1, 0.15) is 5.69 Å². The molecule has 0 saturated carbocycles. The van der Waals surface area contributed by atoms with Gasteiger partial charge in [0.05, 0.1) is 0 Å². The van der Waals surface area contributed by atoms with Crippen molar-refractivity contribution in [2.45, 2.75) is 26.2 Å². The monoisotopic (exact) mass is 314 g/mol. The second kappa shape index (κ2) is 5.98. The van der Waals surface area contributed by atoms with E-state index in [0.717, 1.165) is 24.7 Å². The number of piperazine rings is 1. The summed E-state index contributed by atoms with van der Waals surface area (Å²) in [7, 11) is 0. The summed E-state index contributed by atoms with van der Waals surface area (Å²) in [6.07, 6.45) is 3.47. The Morgan fingerprint density at radius 2 is 1.78 bits per heavy atom. The van der Waals surface area contributed by atoms with Gasteiger partial charge in [-0.2, -0.15) is 5.10 Å². The van der Waals surface area contributed by atoms with E-state index in [1.54, 1.807) is 18.5 Å². The number of H-pyrrole nitrogens is 1. The van der Waals surface area contributed by atoms with Crippen LogP contribution >= 0.6 is 0 Å². The van der Waals surface area contributed by atoms with Crippen molar-refractivity contribution >= 4 is 11.9 Å². The standard InChI is InChI=1S/C16H22N6O/c1-16(2,3)13-11-12(19-20-13)14(23)21-7-9-22(10-8-21)15-17-5-4-6-18-15/h4-6,11H,7-10H2,1-3H3,(H,19,20). The van der Waals surface area contributed by atoms with Gasteiger partial charge in [0.15, 0.2) is 0 Å². The molecule has 23 heavy (non-hydrogen) atoms. The Hall–Kier alpha value is -2.44. The van der Waals surface area contributed by atoms with E-state index in [9.17, 15) is 4.79 Å². The van der Waals surface area contributed by atoms with E-state index in [4.69, 9.17) is 0 Å². The summed E-state index contributed by atoms with van der Waals surface area (Å²) in [4.78, 5) is 25.0. The molecule has 7 heteroatoms. The lowest BCUT2D eigenvalue weighted by Crippen LogP contribution is -2.49. The van der Waals surface area contributed by atoms with Crippen LogP contribution in [0.1, 0.15) is 37.0 Å². The van der Waals surface area contributed by atoms with E-state index in [0.29, 0.717) is 18.8 Å². The summed E-state index contributed by atoms with van der Waals surface area (Å²) in [6, 6.07) is 3.66. The van der Waals surface area contributed by atoms with Gasteiger partial charge in [-0.3, -0.25) is 9.89 Å². The summed E-state index contributed by atoms with van der Waals surface area (Å²) in [6.45, 7) is 9.02. The Bertz CT molecular complexity index is 667. The molecule has 0 spiro atoms. The van der Waals surface area contributed by atoms with Crippen molar-refractivity contribution in [1.29, 1.82) is 0 Å². The number of carbonyl (C=O) groups excluding carboxylic acids is 1. The molecule has 1 amide bonds. The molecule has 1 saturated heterocycles. The van der Waals surface area contributed by atoms with Gasteiger partial charge < -0.3 is 9.80 Å². The number of rotatable bonds is 2. The van der Waals surface area contributed by atoms with Crippen LogP contribution in [-0.2, 0) is 5.41 Å². The topological polar surface area (TPSA) is 78.0 Å². The third-order valence-electron chi connectivity index (χ3n) is 4.01. The SMILES string of the molecule is CC(C)(C)c1cc(C(=O)N2CCN(c3ncccn3)CC2)n[nH]1. The highest BCUT2D eigenvalue weighted by molar-refractivity contribution is 5.92. The number of nitrogens with one attached hydrogen (secondary N) is 1. The van der Waals surface area contributed by atoms with Crippen LogP contribution in [0.4, 0.5) is 5.95 Å². The fraction of sp³-hybridized carbons (Fsp3) is 0.500. The zero-order chi connectivity index (χ0) is 16.4. The minimum Gasteiger partial charge on any atom is -0.337 e. The van der Waals surface area contributed by atoms with E-state index >= 15 is 0 Å². The molecule has 0 radical (unpaired) electrons. The number of amides is 1. The maximum absolute atomic E-state index is 12.6. The van der Waals surface area contributed by atoms with E-state index < -0.39 is 0 Å². The first-order chi connectivity index (χ1) is 10.9. The number of aromatic amines is 1. The number of carbonyl (C=O) groups is 1. The number of anilines is 1. The Balaban J connectivity index is 1.63. The zero-order valence-corrected chi connectivity index (χ0v) is 13.8. The van der Waals surface area contributed by atoms with Gasteiger partial charge in [-0.25, -0.2) is 9.97 Å². The van der Waals surface area contributed by atoms with Gasteiger partial charge in [0.25, 0.3) is 5.91 Å².